The van der Waals surface area contributed by atoms with Crippen LogP contribution in [0.3, 0.4) is 0 Å². The molecule has 0 saturated heterocycles. The number of hydrogen-bond acceptors (Lipinski definition) is 3. The van der Waals surface area contributed by atoms with Gasteiger partial charge < -0.3 is 14.0 Å². The molecule has 0 aliphatic heterocycles. The molecule has 0 rings (SSSR count). The van der Waals surface area contributed by atoms with Crippen molar-refractivity contribution in [2.24, 2.45) is 5.73 Å². The molecule has 0 radical (unpaired) electrons. The fourth-order valence-electron chi connectivity index (χ4n) is 2.75. The van der Waals surface area contributed by atoms with Gasteiger partial charge in [-0.25, -0.2) is 0 Å². The maximum Gasteiger partial charge on any atom is 0.311 e. The molecule has 0 aromatic heterocycles. The predicted octanol–water partition coefficient (Wildman–Crippen LogP) is 4.28. The number of hydrogen-bond donors (Lipinski definition) is 1. The highest BCUT2D eigenvalue weighted by atomic mass is 28.5. The summed E-state index contributed by atoms with van der Waals surface area (Å²) in [5.74, 6) is 0. The van der Waals surface area contributed by atoms with Crippen LogP contribution in [0.15, 0.2) is 0 Å². The Bertz CT molecular complexity index is 248. The summed E-state index contributed by atoms with van der Waals surface area (Å²) in [6.45, 7) is 16.7. The summed E-state index contributed by atoms with van der Waals surface area (Å²) < 4.78 is 13.2. The van der Waals surface area contributed by atoms with Crippen molar-refractivity contribution in [1.29, 1.82) is 0 Å². The Hall–Kier alpha value is 0.531. The van der Waals surface area contributed by atoms with Crippen molar-refractivity contribution in [3.63, 3.8) is 0 Å². The Kier molecular flexibility index (Phi) is 8.32. The lowest BCUT2D eigenvalue weighted by atomic mass is 10.5. The molecule has 0 spiro atoms. The van der Waals surface area contributed by atoms with Crippen molar-refractivity contribution in [3.8, 4) is 0 Å². The van der Waals surface area contributed by atoms with Gasteiger partial charge >= 0.3 is 8.56 Å². The summed E-state index contributed by atoms with van der Waals surface area (Å²) in [5, 5.41) is 0. The van der Waals surface area contributed by atoms with Crippen molar-refractivity contribution >= 4 is 25.2 Å². The molecule has 2 N–H and O–H groups in total. The van der Waals surface area contributed by atoms with Crippen LogP contribution in [0, 0.1) is 0 Å². The van der Waals surface area contributed by atoms with Gasteiger partial charge in [-0.3, -0.25) is 0 Å². The maximum absolute atomic E-state index is 6.65. The molecule has 0 fully saturated rings. The quantitative estimate of drug-likeness (QED) is 0.611. The van der Waals surface area contributed by atoms with Crippen LogP contribution in [0.25, 0.3) is 0 Å². The summed E-state index contributed by atoms with van der Waals surface area (Å²) >= 11 is 0. The van der Waals surface area contributed by atoms with E-state index in [0.717, 1.165) is 19.0 Å². The van der Waals surface area contributed by atoms with Crippen molar-refractivity contribution in [2.75, 3.05) is 6.54 Å². The molecule has 0 aromatic rings. The molecule has 0 aromatic carbocycles. The molecular weight excluding hydrogens is 286 g/mol. The summed E-state index contributed by atoms with van der Waals surface area (Å²) in [4.78, 5) is 0. The monoisotopic (exact) mass is 321 g/mol. The summed E-state index contributed by atoms with van der Waals surface area (Å²) in [5.41, 5.74) is 5.62. The third-order valence-corrected chi connectivity index (χ3v) is 17.2. The minimum atomic E-state index is -2.00. The highest BCUT2D eigenvalue weighted by molar-refractivity contribution is 6.88. The number of nitrogens with two attached hydrogens (primary N) is 1. The predicted molar refractivity (Wildman–Crippen MR) is 92.8 cm³/mol. The third-order valence-electron chi connectivity index (χ3n) is 3.90. The van der Waals surface area contributed by atoms with Crippen LogP contribution in [0.2, 0.25) is 50.4 Å². The molecule has 0 saturated carbocycles. The SMILES string of the molecule is CC[Si](CC)(CC)O[Si](C)(C)O[Si](C)(C)CCCN. The molecule has 19 heavy (non-hydrogen) atoms. The summed E-state index contributed by atoms with van der Waals surface area (Å²) in [6.07, 6.45) is 1.07. The molecule has 116 valence electrons. The molecule has 0 aliphatic carbocycles. The fourth-order valence-corrected chi connectivity index (χ4v) is 17.5. The van der Waals surface area contributed by atoms with Crippen LogP contribution >= 0.6 is 0 Å². The zero-order valence-corrected chi connectivity index (χ0v) is 17.1. The van der Waals surface area contributed by atoms with Gasteiger partial charge in [0, 0.05) is 0 Å². The van der Waals surface area contributed by atoms with E-state index in [-0.39, 0.29) is 0 Å². The summed E-state index contributed by atoms with van der Waals surface area (Å²) in [7, 11) is -5.17. The molecule has 0 amide bonds. The van der Waals surface area contributed by atoms with E-state index in [1.54, 1.807) is 0 Å². The lowest BCUT2D eigenvalue weighted by molar-refractivity contribution is 0.382. The Morgan fingerprint density at radius 1 is 0.842 bits per heavy atom. The van der Waals surface area contributed by atoms with Gasteiger partial charge in [0.1, 0.15) is 0 Å². The molecule has 0 unspecified atom stereocenters. The first-order valence-electron chi connectivity index (χ1n) is 7.76. The first-order chi connectivity index (χ1) is 8.66. The maximum atomic E-state index is 6.65. The Morgan fingerprint density at radius 3 is 1.68 bits per heavy atom. The average molecular weight is 322 g/mol. The van der Waals surface area contributed by atoms with Crippen LogP contribution in [0.5, 0.6) is 0 Å². The fraction of sp³-hybridized carbons (Fsp3) is 1.00. The largest absolute Gasteiger partial charge is 0.437 e. The van der Waals surface area contributed by atoms with Crippen LogP contribution in [0.1, 0.15) is 27.2 Å². The van der Waals surface area contributed by atoms with E-state index in [9.17, 15) is 0 Å². The lowest BCUT2D eigenvalue weighted by Gasteiger charge is -2.40. The smallest absolute Gasteiger partial charge is 0.311 e. The van der Waals surface area contributed by atoms with E-state index >= 15 is 0 Å². The Morgan fingerprint density at radius 2 is 1.32 bits per heavy atom. The van der Waals surface area contributed by atoms with Gasteiger partial charge in [-0.1, -0.05) is 20.8 Å². The molecule has 0 atom stereocenters. The Labute approximate surface area is 123 Å². The molecule has 0 bridgehead atoms. The third kappa shape index (κ3) is 7.19. The van der Waals surface area contributed by atoms with Crippen molar-refractivity contribution in [1.82, 2.24) is 0 Å². The highest BCUT2D eigenvalue weighted by Gasteiger charge is 2.41. The minimum Gasteiger partial charge on any atom is -0.437 e. The lowest BCUT2D eigenvalue weighted by Crippen LogP contribution is -2.53. The number of rotatable bonds is 10. The second kappa shape index (κ2) is 8.09. The first-order valence-corrected chi connectivity index (χ1v) is 16.2. The second-order valence-corrected chi connectivity index (χ2v) is 19.4. The van der Waals surface area contributed by atoms with Crippen LogP contribution in [-0.2, 0) is 8.23 Å². The molecule has 6 heteroatoms. The van der Waals surface area contributed by atoms with Crippen molar-refractivity contribution in [2.45, 2.75) is 77.6 Å². The Balaban J connectivity index is 4.69. The highest BCUT2D eigenvalue weighted by Crippen LogP contribution is 2.29. The average Bonchev–Trinajstić information content (AvgIpc) is 2.32. The van der Waals surface area contributed by atoms with Gasteiger partial charge in [-0.05, 0) is 63.3 Å². The normalized spacial score (nSPS) is 13.9. The van der Waals surface area contributed by atoms with Crippen LogP contribution in [-0.4, -0.2) is 31.7 Å². The van der Waals surface area contributed by atoms with E-state index in [1.165, 1.54) is 18.1 Å². The topological polar surface area (TPSA) is 44.5 Å². The molecule has 0 heterocycles. The van der Waals surface area contributed by atoms with E-state index in [4.69, 9.17) is 14.0 Å². The van der Waals surface area contributed by atoms with E-state index in [2.05, 4.69) is 47.0 Å². The van der Waals surface area contributed by atoms with Gasteiger partial charge in [-0.15, -0.1) is 0 Å². The zero-order valence-electron chi connectivity index (χ0n) is 14.1. The van der Waals surface area contributed by atoms with Crippen LogP contribution in [0.4, 0.5) is 0 Å². The molecular formula is C13H35NO2Si3. The molecule has 0 aliphatic rings. The first kappa shape index (κ1) is 19.5. The van der Waals surface area contributed by atoms with E-state index in [1.807, 2.05) is 0 Å². The van der Waals surface area contributed by atoms with Gasteiger partial charge in [0.05, 0.1) is 0 Å². The van der Waals surface area contributed by atoms with Gasteiger partial charge in [0.15, 0.2) is 16.6 Å². The minimum absolute atomic E-state index is 0.764. The summed E-state index contributed by atoms with van der Waals surface area (Å²) in [6, 6.07) is 4.74. The second-order valence-electron chi connectivity index (χ2n) is 6.50. The van der Waals surface area contributed by atoms with Gasteiger partial charge in [-0.2, -0.15) is 0 Å². The standard InChI is InChI=1S/C13H35NO2Si3/c1-8-19(9-2,10-3)16-18(6,7)15-17(4,5)13-11-12-14/h8-14H2,1-7H3. The zero-order chi connectivity index (χ0) is 15.2. The van der Waals surface area contributed by atoms with Crippen molar-refractivity contribution < 1.29 is 8.23 Å². The van der Waals surface area contributed by atoms with Gasteiger partial charge in [0.25, 0.3) is 0 Å². The van der Waals surface area contributed by atoms with E-state index in [0.29, 0.717) is 0 Å². The van der Waals surface area contributed by atoms with Crippen molar-refractivity contribution in [3.05, 3.63) is 0 Å². The van der Waals surface area contributed by atoms with E-state index < -0.39 is 25.2 Å². The van der Waals surface area contributed by atoms with Crippen LogP contribution < -0.4 is 5.73 Å². The van der Waals surface area contributed by atoms with Gasteiger partial charge in [0.2, 0.25) is 0 Å². The molecule has 3 nitrogen and oxygen atoms in total.